The second-order valence-electron chi connectivity index (χ2n) is 5.74. The molecule has 1 aromatic rings. The Hall–Kier alpha value is -1.85. The molecule has 2 N–H and O–H groups in total. The van der Waals surface area contributed by atoms with Crippen LogP contribution in [-0.2, 0) is 4.79 Å². The minimum atomic E-state index is -0.739. The number of aliphatic carboxylic acids is 1. The molecule has 1 heterocycles. The van der Waals surface area contributed by atoms with Crippen LogP contribution < -0.4 is 10.1 Å². The lowest BCUT2D eigenvalue weighted by Crippen LogP contribution is -2.34. The van der Waals surface area contributed by atoms with Crippen molar-refractivity contribution in [1.29, 1.82) is 0 Å². The number of nitrogens with one attached hydrogen (secondary N) is 1. The molecule has 0 aromatic carbocycles. The Morgan fingerprint density at radius 1 is 1.33 bits per heavy atom. The summed E-state index contributed by atoms with van der Waals surface area (Å²) < 4.78 is 5.51. The Balaban J connectivity index is 2.09. The van der Waals surface area contributed by atoms with Gasteiger partial charge >= 0.3 is 5.97 Å². The van der Waals surface area contributed by atoms with Gasteiger partial charge in [-0.25, -0.2) is 0 Å². The van der Waals surface area contributed by atoms with E-state index in [-0.39, 0.29) is 18.1 Å². The van der Waals surface area contributed by atoms with Gasteiger partial charge in [0.1, 0.15) is 5.82 Å². The third kappa shape index (κ3) is 4.58. The minimum absolute atomic E-state index is 0.0270. The molecule has 0 bridgehead atoms. The first-order valence-electron chi connectivity index (χ1n) is 7.54. The second kappa shape index (κ2) is 7.24. The maximum Gasteiger partial charge on any atom is 0.308 e. The number of nitrogens with zero attached hydrogens (tertiary/aromatic N) is 2. The van der Waals surface area contributed by atoms with E-state index in [1.165, 1.54) is 0 Å². The van der Waals surface area contributed by atoms with Gasteiger partial charge in [-0.15, -0.1) is 0 Å². The first-order chi connectivity index (χ1) is 10.1. The van der Waals surface area contributed by atoms with E-state index in [9.17, 15) is 9.90 Å². The summed E-state index contributed by atoms with van der Waals surface area (Å²) in [6.07, 6.45) is 7.85. The molecule has 0 saturated heterocycles. The largest absolute Gasteiger partial charge is 0.481 e. The van der Waals surface area contributed by atoms with Crippen LogP contribution >= 0.6 is 0 Å². The van der Waals surface area contributed by atoms with Gasteiger partial charge in [0.05, 0.1) is 24.4 Å². The Labute approximate surface area is 124 Å². The van der Waals surface area contributed by atoms with E-state index in [0.717, 1.165) is 25.7 Å². The fourth-order valence-corrected chi connectivity index (χ4v) is 2.68. The Morgan fingerprint density at radius 3 is 2.81 bits per heavy atom. The highest BCUT2D eigenvalue weighted by atomic mass is 16.5. The number of ether oxygens (including phenoxy) is 1. The summed E-state index contributed by atoms with van der Waals surface area (Å²) in [5.41, 5.74) is 0. The van der Waals surface area contributed by atoms with Crippen molar-refractivity contribution in [3.8, 4) is 5.88 Å². The van der Waals surface area contributed by atoms with Gasteiger partial charge < -0.3 is 15.2 Å². The minimum Gasteiger partial charge on any atom is -0.481 e. The summed E-state index contributed by atoms with van der Waals surface area (Å²) in [5, 5.41) is 12.6. The summed E-state index contributed by atoms with van der Waals surface area (Å²) in [7, 11) is 0. The summed E-state index contributed by atoms with van der Waals surface area (Å²) in [6.45, 7) is 3.85. The van der Waals surface area contributed by atoms with Crippen LogP contribution in [0.15, 0.2) is 12.4 Å². The maximum atomic E-state index is 11.4. The molecule has 116 valence electrons. The molecule has 2 atom stereocenters. The molecule has 2 unspecified atom stereocenters. The lowest BCUT2D eigenvalue weighted by Gasteiger charge is -2.23. The predicted molar refractivity (Wildman–Crippen MR) is 79.4 cm³/mol. The van der Waals surface area contributed by atoms with Gasteiger partial charge in [0.25, 0.3) is 0 Å². The topological polar surface area (TPSA) is 84.3 Å². The maximum absolute atomic E-state index is 11.4. The molecule has 1 fully saturated rings. The van der Waals surface area contributed by atoms with Crippen molar-refractivity contribution in [2.45, 2.75) is 58.1 Å². The number of anilines is 1. The van der Waals surface area contributed by atoms with Crippen LogP contribution in [0, 0.1) is 5.92 Å². The zero-order chi connectivity index (χ0) is 15.2. The molecular weight excluding hydrogens is 270 g/mol. The monoisotopic (exact) mass is 293 g/mol. The van der Waals surface area contributed by atoms with Crippen molar-refractivity contribution in [3.05, 3.63) is 12.4 Å². The van der Waals surface area contributed by atoms with Crippen LogP contribution in [0.2, 0.25) is 0 Å². The molecule has 21 heavy (non-hydrogen) atoms. The number of aromatic nitrogens is 2. The quantitative estimate of drug-likeness (QED) is 0.812. The molecule has 1 aromatic heterocycles. The average Bonchev–Trinajstić information content (AvgIpc) is 2.64. The SMILES string of the molecule is CC(C)Oc1cncc(NC2CCCCCC2C(=O)O)n1. The van der Waals surface area contributed by atoms with E-state index < -0.39 is 5.97 Å². The van der Waals surface area contributed by atoms with Crippen LogP contribution in [0.4, 0.5) is 5.82 Å². The highest BCUT2D eigenvalue weighted by molar-refractivity contribution is 5.71. The Morgan fingerprint density at radius 2 is 2.10 bits per heavy atom. The van der Waals surface area contributed by atoms with Gasteiger partial charge in [0.2, 0.25) is 5.88 Å². The van der Waals surface area contributed by atoms with E-state index in [1.807, 2.05) is 13.8 Å². The molecule has 0 aliphatic heterocycles. The van der Waals surface area contributed by atoms with Crippen molar-refractivity contribution in [2.24, 2.45) is 5.92 Å². The smallest absolute Gasteiger partial charge is 0.308 e. The second-order valence-corrected chi connectivity index (χ2v) is 5.74. The molecule has 6 nitrogen and oxygen atoms in total. The first-order valence-corrected chi connectivity index (χ1v) is 7.54. The number of carboxylic acid groups (broad SMARTS) is 1. The van der Waals surface area contributed by atoms with Gasteiger partial charge in [0, 0.05) is 6.04 Å². The van der Waals surface area contributed by atoms with Crippen molar-refractivity contribution < 1.29 is 14.6 Å². The van der Waals surface area contributed by atoms with Crippen LogP contribution in [0.1, 0.15) is 46.0 Å². The number of hydrogen-bond acceptors (Lipinski definition) is 5. The molecule has 0 amide bonds. The number of rotatable bonds is 5. The number of carbonyl (C=O) groups is 1. The molecule has 1 aliphatic rings. The normalized spacial score (nSPS) is 22.6. The van der Waals surface area contributed by atoms with Crippen LogP contribution in [0.25, 0.3) is 0 Å². The average molecular weight is 293 g/mol. The van der Waals surface area contributed by atoms with Crippen LogP contribution in [0.5, 0.6) is 5.88 Å². The van der Waals surface area contributed by atoms with Gasteiger partial charge in [-0.05, 0) is 26.7 Å². The van der Waals surface area contributed by atoms with Gasteiger partial charge in [-0.3, -0.25) is 9.78 Å². The highest BCUT2D eigenvalue weighted by Gasteiger charge is 2.29. The van der Waals surface area contributed by atoms with E-state index in [1.54, 1.807) is 12.4 Å². The third-order valence-electron chi connectivity index (χ3n) is 3.64. The Kier molecular flexibility index (Phi) is 5.36. The van der Waals surface area contributed by atoms with E-state index in [4.69, 9.17) is 4.74 Å². The fourth-order valence-electron chi connectivity index (χ4n) is 2.68. The zero-order valence-electron chi connectivity index (χ0n) is 12.6. The predicted octanol–water partition coefficient (Wildman–Crippen LogP) is 2.71. The van der Waals surface area contributed by atoms with Crippen molar-refractivity contribution in [2.75, 3.05) is 5.32 Å². The summed E-state index contributed by atoms with van der Waals surface area (Å²) in [4.78, 5) is 19.9. The lowest BCUT2D eigenvalue weighted by atomic mass is 9.95. The van der Waals surface area contributed by atoms with E-state index >= 15 is 0 Å². The van der Waals surface area contributed by atoms with Crippen molar-refractivity contribution in [3.63, 3.8) is 0 Å². The van der Waals surface area contributed by atoms with E-state index in [0.29, 0.717) is 18.1 Å². The summed E-state index contributed by atoms with van der Waals surface area (Å²) in [6, 6.07) is -0.103. The molecule has 1 saturated carbocycles. The van der Waals surface area contributed by atoms with Crippen molar-refractivity contribution >= 4 is 11.8 Å². The Bertz CT molecular complexity index is 479. The van der Waals surface area contributed by atoms with Crippen LogP contribution in [0.3, 0.4) is 0 Å². The molecule has 0 radical (unpaired) electrons. The van der Waals surface area contributed by atoms with E-state index in [2.05, 4.69) is 15.3 Å². The molecular formula is C15H23N3O3. The van der Waals surface area contributed by atoms with Crippen LogP contribution in [-0.4, -0.2) is 33.2 Å². The molecule has 6 heteroatoms. The van der Waals surface area contributed by atoms with Crippen molar-refractivity contribution in [1.82, 2.24) is 9.97 Å². The highest BCUT2D eigenvalue weighted by Crippen LogP contribution is 2.26. The summed E-state index contributed by atoms with van der Waals surface area (Å²) in [5.74, 6) is -0.0808. The molecule has 0 spiro atoms. The standard InChI is InChI=1S/C15H23N3O3/c1-10(2)21-14-9-16-8-13(18-14)17-12-7-5-3-4-6-11(12)15(19)20/h8-12H,3-7H2,1-2H3,(H,17,18)(H,19,20). The van der Waals surface area contributed by atoms with Gasteiger partial charge in [0.15, 0.2) is 0 Å². The number of hydrogen-bond donors (Lipinski definition) is 2. The first kappa shape index (κ1) is 15.5. The van der Waals surface area contributed by atoms with Gasteiger partial charge in [-0.2, -0.15) is 4.98 Å². The van der Waals surface area contributed by atoms with Gasteiger partial charge in [-0.1, -0.05) is 19.3 Å². The zero-order valence-corrected chi connectivity index (χ0v) is 12.6. The molecule has 1 aliphatic carbocycles. The third-order valence-corrected chi connectivity index (χ3v) is 3.64. The summed E-state index contributed by atoms with van der Waals surface area (Å²) >= 11 is 0. The lowest BCUT2D eigenvalue weighted by molar-refractivity contribution is -0.142. The fraction of sp³-hybridized carbons (Fsp3) is 0.667. The number of carboxylic acids is 1. The molecule has 2 rings (SSSR count).